The standard InChI is InChI=1S/C23H42N2O2/c1-11-22(12-2)18(20(5,6)7)24-16(26-22)15-17-25-19(21(8,9)10)23(13-3,14-4)27-17/h18-19H,11-15H2,1-10H3/t18-,19-/m1/s1. The zero-order chi connectivity index (χ0) is 20.7. The summed E-state index contributed by atoms with van der Waals surface area (Å²) in [7, 11) is 0. The van der Waals surface area contributed by atoms with Gasteiger partial charge in [0.1, 0.15) is 11.2 Å². The largest absolute Gasteiger partial charge is 0.472 e. The van der Waals surface area contributed by atoms with E-state index in [4.69, 9.17) is 19.5 Å². The molecule has 4 heteroatoms. The van der Waals surface area contributed by atoms with Gasteiger partial charge in [0.15, 0.2) is 11.8 Å². The van der Waals surface area contributed by atoms with E-state index in [1.807, 2.05) is 0 Å². The Balaban J connectivity index is 2.29. The van der Waals surface area contributed by atoms with Crippen LogP contribution in [0.2, 0.25) is 0 Å². The van der Waals surface area contributed by atoms with Crippen molar-refractivity contribution in [2.75, 3.05) is 0 Å². The van der Waals surface area contributed by atoms with Gasteiger partial charge >= 0.3 is 0 Å². The third kappa shape index (κ3) is 4.05. The van der Waals surface area contributed by atoms with Crippen LogP contribution in [0.25, 0.3) is 0 Å². The summed E-state index contributed by atoms with van der Waals surface area (Å²) < 4.78 is 13.0. The maximum Gasteiger partial charge on any atom is 0.193 e. The fourth-order valence-electron chi connectivity index (χ4n) is 4.98. The van der Waals surface area contributed by atoms with Crippen molar-refractivity contribution in [2.24, 2.45) is 20.8 Å². The maximum absolute atomic E-state index is 6.49. The molecule has 0 aliphatic carbocycles. The molecular weight excluding hydrogens is 336 g/mol. The Morgan fingerprint density at radius 1 is 0.667 bits per heavy atom. The van der Waals surface area contributed by atoms with Crippen LogP contribution in [-0.4, -0.2) is 35.1 Å². The zero-order valence-corrected chi connectivity index (χ0v) is 19.4. The molecule has 2 rings (SSSR count). The molecule has 2 aliphatic heterocycles. The van der Waals surface area contributed by atoms with E-state index in [2.05, 4.69) is 69.2 Å². The molecule has 2 atom stereocenters. The Labute approximate surface area is 167 Å². The summed E-state index contributed by atoms with van der Waals surface area (Å²) in [4.78, 5) is 10.1. The molecule has 2 aliphatic rings. The quantitative estimate of drug-likeness (QED) is 0.554. The van der Waals surface area contributed by atoms with Gasteiger partial charge in [-0.15, -0.1) is 0 Å². The summed E-state index contributed by atoms with van der Waals surface area (Å²) in [6, 6.07) is 0.329. The fraction of sp³-hybridized carbons (Fsp3) is 0.913. The van der Waals surface area contributed by atoms with Crippen LogP contribution in [-0.2, 0) is 9.47 Å². The average molecular weight is 379 g/mol. The van der Waals surface area contributed by atoms with E-state index in [0.717, 1.165) is 37.5 Å². The first kappa shape index (κ1) is 22.2. The Bertz CT molecular complexity index is 532. The highest BCUT2D eigenvalue weighted by Gasteiger charge is 2.52. The van der Waals surface area contributed by atoms with Crippen LogP contribution >= 0.6 is 0 Å². The third-order valence-corrected chi connectivity index (χ3v) is 6.52. The van der Waals surface area contributed by atoms with E-state index in [1.165, 1.54) is 0 Å². The normalized spacial score (nSPS) is 27.0. The highest BCUT2D eigenvalue weighted by atomic mass is 16.5. The molecule has 156 valence electrons. The van der Waals surface area contributed by atoms with Crippen LogP contribution in [0.15, 0.2) is 9.98 Å². The lowest BCUT2D eigenvalue weighted by molar-refractivity contribution is 0.00724. The van der Waals surface area contributed by atoms with Crippen LogP contribution in [0.3, 0.4) is 0 Å². The predicted molar refractivity (Wildman–Crippen MR) is 115 cm³/mol. The van der Waals surface area contributed by atoms with Gasteiger partial charge in [-0.25, -0.2) is 9.98 Å². The summed E-state index contributed by atoms with van der Waals surface area (Å²) in [5, 5.41) is 0. The minimum Gasteiger partial charge on any atom is -0.472 e. The molecule has 0 aromatic carbocycles. The van der Waals surface area contributed by atoms with Crippen molar-refractivity contribution in [3.8, 4) is 0 Å². The van der Waals surface area contributed by atoms with E-state index in [0.29, 0.717) is 6.42 Å². The van der Waals surface area contributed by atoms with Gasteiger partial charge in [0.25, 0.3) is 0 Å². The Kier molecular flexibility index (Phi) is 6.10. The second-order valence-electron chi connectivity index (χ2n) is 10.5. The molecular formula is C23H42N2O2. The molecule has 0 amide bonds. The van der Waals surface area contributed by atoms with Gasteiger partial charge in [-0.2, -0.15) is 0 Å². The van der Waals surface area contributed by atoms with Gasteiger partial charge in [0.05, 0.1) is 18.5 Å². The lowest BCUT2D eigenvalue weighted by Crippen LogP contribution is -2.46. The highest BCUT2D eigenvalue weighted by molar-refractivity contribution is 5.99. The van der Waals surface area contributed by atoms with Crippen LogP contribution in [0.4, 0.5) is 0 Å². The lowest BCUT2D eigenvalue weighted by Gasteiger charge is -2.38. The van der Waals surface area contributed by atoms with Gasteiger partial charge < -0.3 is 9.47 Å². The van der Waals surface area contributed by atoms with Crippen LogP contribution < -0.4 is 0 Å². The SMILES string of the molecule is CCC1(CC)OC(CC2=N[C@H](C(C)(C)C)C(CC)(CC)O2)=N[C@@H]1C(C)(C)C. The molecule has 0 saturated carbocycles. The molecule has 0 aromatic rings. The first-order valence-electron chi connectivity index (χ1n) is 10.9. The first-order chi connectivity index (χ1) is 12.4. The monoisotopic (exact) mass is 378 g/mol. The fourth-order valence-corrected chi connectivity index (χ4v) is 4.98. The van der Waals surface area contributed by atoms with Gasteiger partial charge in [0.2, 0.25) is 0 Å². The Hall–Kier alpha value is -1.06. The summed E-state index contributed by atoms with van der Waals surface area (Å²) in [6.45, 7) is 22.4. The van der Waals surface area contributed by atoms with Crippen molar-refractivity contribution in [3.63, 3.8) is 0 Å². The Morgan fingerprint density at radius 3 is 1.15 bits per heavy atom. The van der Waals surface area contributed by atoms with E-state index < -0.39 is 0 Å². The molecule has 0 aromatic heterocycles. The maximum atomic E-state index is 6.49. The third-order valence-electron chi connectivity index (χ3n) is 6.52. The number of ether oxygens (including phenoxy) is 2. The molecule has 0 fully saturated rings. The number of hydrogen-bond acceptors (Lipinski definition) is 4. The molecule has 27 heavy (non-hydrogen) atoms. The van der Waals surface area contributed by atoms with Crippen molar-refractivity contribution in [1.82, 2.24) is 0 Å². The number of nitrogens with zero attached hydrogens (tertiary/aromatic N) is 2. The minimum absolute atomic E-state index is 0.0661. The smallest absolute Gasteiger partial charge is 0.193 e. The number of hydrogen-bond donors (Lipinski definition) is 0. The topological polar surface area (TPSA) is 43.2 Å². The molecule has 0 radical (unpaired) electrons. The summed E-state index contributed by atoms with van der Waals surface area (Å²) in [5.41, 5.74) is -0.279. The van der Waals surface area contributed by atoms with Gasteiger partial charge in [-0.1, -0.05) is 69.2 Å². The molecule has 0 N–H and O–H groups in total. The van der Waals surface area contributed by atoms with Crippen molar-refractivity contribution >= 4 is 11.8 Å². The highest BCUT2D eigenvalue weighted by Crippen LogP contribution is 2.45. The minimum atomic E-state index is -0.206. The second-order valence-corrected chi connectivity index (χ2v) is 10.5. The molecule has 0 bridgehead atoms. The van der Waals surface area contributed by atoms with Crippen molar-refractivity contribution in [2.45, 2.75) is 125 Å². The predicted octanol–water partition coefficient (Wildman–Crippen LogP) is 6.18. The van der Waals surface area contributed by atoms with Gasteiger partial charge in [-0.05, 0) is 36.5 Å². The van der Waals surface area contributed by atoms with Crippen LogP contribution in [0, 0.1) is 10.8 Å². The lowest BCUT2D eigenvalue weighted by atomic mass is 9.74. The number of rotatable bonds is 6. The van der Waals surface area contributed by atoms with Gasteiger partial charge in [0, 0.05) is 0 Å². The summed E-state index contributed by atoms with van der Waals surface area (Å²) >= 11 is 0. The van der Waals surface area contributed by atoms with Crippen molar-refractivity contribution in [1.29, 1.82) is 0 Å². The molecule has 4 nitrogen and oxygen atoms in total. The van der Waals surface area contributed by atoms with E-state index in [-0.39, 0.29) is 34.1 Å². The summed E-state index contributed by atoms with van der Waals surface area (Å²) in [6.07, 6.45) is 4.42. The van der Waals surface area contributed by atoms with E-state index in [1.54, 1.807) is 0 Å². The second kappa shape index (κ2) is 7.40. The Morgan fingerprint density at radius 2 is 0.963 bits per heavy atom. The first-order valence-corrected chi connectivity index (χ1v) is 10.9. The van der Waals surface area contributed by atoms with E-state index >= 15 is 0 Å². The van der Waals surface area contributed by atoms with Crippen LogP contribution in [0.1, 0.15) is 101 Å². The van der Waals surface area contributed by atoms with Gasteiger partial charge in [-0.3, -0.25) is 0 Å². The van der Waals surface area contributed by atoms with Crippen molar-refractivity contribution in [3.05, 3.63) is 0 Å². The zero-order valence-electron chi connectivity index (χ0n) is 19.4. The molecule has 0 unspecified atom stereocenters. The summed E-state index contributed by atoms with van der Waals surface area (Å²) in [5.74, 6) is 1.60. The molecule has 0 spiro atoms. The van der Waals surface area contributed by atoms with E-state index in [9.17, 15) is 0 Å². The molecule has 0 saturated heterocycles. The van der Waals surface area contributed by atoms with Crippen LogP contribution in [0.5, 0.6) is 0 Å². The van der Waals surface area contributed by atoms with Crippen molar-refractivity contribution < 1.29 is 9.47 Å². The molecule has 2 heterocycles. The number of aliphatic imine (C=N–C) groups is 2. The average Bonchev–Trinajstić information content (AvgIpc) is 3.14.